The lowest BCUT2D eigenvalue weighted by atomic mass is 10.0. The van der Waals surface area contributed by atoms with Gasteiger partial charge in [0.05, 0.1) is 18.7 Å². The first-order valence-corrected chi connectivity index (χ1v) is 7.38. The highest BCUT2D eigenvalue weighted by molar-refractivity contribution is 5.75. The molecule has 2 atom stereocenters. The van der Waals surface area contributed by atoms with Crippen LogP contribution in [0.4, 0.5) is 9.18 Å². The first kappa shape index (κ1) is 15.8. The van der Waals surface area contributed by atoms with Crippen LogP contribution in [0, 0.1) is 19.7 Å². The number of benzene rings is 1. The maximum atomic E-state index is 13.7. The maximum Gasteiger partial charge on any atom is 0.318 e. The monoisotopic (exact) mass is 294 g/mol. The van der Waals surface area contributed by atoms with E-state index < -0.39 is 0 Å². The van der Waals surface area contributed by atoms with E-state index in [2.05, 4.69) is 5.32 Å². The standard InChI is InChI=1S/C16H23FN2O2/c1-10-7-13(8-11(2)15(10)17)12(3)18-16(21)19-6-4-5-14(19)9-20/h7-8,12,14,20H,4-6,9H2,1-3H3,(H,18,21)/t12?,14-/m0/s1. The van der Waals surface area contributed by atoms with Gasteiger partial charge in [-0.05, 0) is 50.3 Å². The van der Waals surface area contributed by atoms with Crippen molar-refractivity contribution in [1.82, 2.24) is 10.2 Å². The topological polar surface area (TPSA) is 52.6 Å². The summed E-state index contributed by atoms with van der Waals surface area (Å²) in [7, 11) is 0. The number of nitrogens with zero attached hydrogens (tertiary/aromatic N) is 1. The van der Waals surface area contributed by atoms with Crippen LogP contribution in [0.25, 0.3) is 0 Å². The second-order valence-electron chi connectivity index (χ2n) is 5.81. The van der Waals surface area contributed by atoms with Gasteiger partial charge in [-0.15, -0.1) is 0 Å². The van der Waals surface area contributed by atoms with Gasteiger partial charge in [0.2, 0.25) is 0 Å². The molecule has 1 aliphatic heterocycles. The molecule has 1 heterocycles. The third-order valence-corrected chi connectivity index (χ3v) is 4.15. The summed E-state index contributed by atoms with van der Waals surface area (Å²) in [6.07, 6.45) is 1.76. The third kappa shape index (κ3) is 3.35. The van der Waals surface area contributed by atoms with Crippen LogP contribution in [0.5, 0.6) is 0 Å². The highest BCUT2D eigenvalue weighted by Gasteiger charge is 2.28. The minimum absolute atomic E-state index is 0.00341. The summed E-state index contributed by atoms with van der Waals surface area (Å²) < 4.78 is 13.7. The minimum atomic E-state index is -0.199. The molecule has 1 saturated heterocycles. The fourth-order valence-corrected chi connectivity index (χ4v) is 2.87. The van der Waals surface area contributed by atoms with Crippen LogP contribution in [0.1, 0.15) is 42.5 Å². The molecule has 0 aromatic heterocycles. The SMILES string of the molecule is Cc1cc(C(C)NC(=O)N2CCC[C@H]2CO)cc(C)c1F. The summed E-state index contributed by atoms with van der Waals surface area (Å²) in [5.74, 6) is -0.197. The molecule has 1 fully saturated rings. The molecule has 0 bridgehead atoms. The smallest absolute Gasteiger partial charge is 0.318 e. The van der Waals surface area contributed by atoms with E-state index in [4.69, 9.17) is 0 Å². The Hall–Kier alpha value is -1.62. The molecule has 2 N–H and O–H groups in total. The van der Waals surface area contributed by atoms with Gasteiger partial charge in [-0.3, -0.25) is 0 Å². The van der Waals surface area contributed by atoms with Gasteiger partial charge in [-0.2, -0.15) is 0 Å². The van der Waals surface area contributed by atoms with Crippen LogP contribution in [0.3, 0.4) is 0 Å². The molecule has 21 heavy (non-hydrogen) atoms. The molecule has 0 aliphatic carbocycles. The van der Waals surface area contributed by atoms with E-state index in [0.29, 0.717) is 17.7 Å². The van der Waals surface area contributed by atoms with Crippen LogP contribution in [0.2, 0.25) is 0 Å². The van der Waals surface area contributed by atoms with E-state index in [-0.39, 0.29) is 30.5 Å². The van der Waals surface area contributed by atoms with Crippen LogP contribution in [-0.2, 0) is 0 Å². The average Bonchev–Trinajstić information content (AvgIpc) is 2.92. The summed E-state index contributed by atoms with van der Waals surface area (Å²) >= 11 is 0. The number of carbonyl (C=O) groups excluding carboxylic acids is 1. The van der Waals surface area contributed by atoms with Crippen molar-refractivity contribution in [3.05, 3.63) is 34.6 Å². The number of hydrogen-bond acceptors (Lipinski definition) is 2. The summed E-state index contributed by atoms with van der Waals surface area (Å²) in [5, 5.41) is 12.2. The molecule has 116 valence electrons. The number of aliphatic hydroxyl groups excluding tert-OH is 1. The Balaban J connectivity index is 2.07. The van der Waals surface area contributed by atoms with Gasteiger partial charge in [0.25, 0.3) is 0 Å². The lowest BCUT2D eigenvalue weighted by Gasteiger charge is -2.26. The Kier molecular flexibility index (Phi) is 4.83. The van der Waals surface area contributed by atoms with Crippen molar-refractivity contribution >= 4 is 6.03 Å². The van der Waals surface area contributed by atoms with E-state index in [1.165, 1.54) is 0 Å². The van der Waals surface area contributed by atoms with Crippen LogP contribution >= 0.6 is 0 Å². The van der Waals surface area contributed by atoms with Crippen molar-refractivity contribution in [2.45, 2.75) is 45.7 Å². The molecule has 0 radical (unpaired) electrons. The second kappa shape index (κ2) is 6.43. The van der Waals surface area contributed by atoms with Crippen molar-refractivity contribution in [1.29, 1.82) is 0 Å². The molecule has 4 nitrogen and oxygen atoms in total. The van der Waals surface area contributed by atoms with Crippen molar-refractivity contribution in [2.24, 2.45) is 0 Å². The highest BCUT2D eigenvalue weighted by Crippen LogP contribution is 2.22. The lowest BCUT2D eigenvalue weighted by Crippen LogP contribution is -2.44. The number of urea groups is 1. The van der Waals surface area contributed by atoms with Gasteiger partial charge in [0.15, 0.2) is 0 Å². The number of halogens is 1. The zero-order valence-corrected chi connectivity index (χ0v) is 12.8. The number of carbonyl (C=O) groups is 1. The summed E-state index contributed by atoms with van der Waals surface area (Å²) in [6.45, 7) is 6.00. The second-order valence-corrected chi connectivity index (χ2v) is 5.81. The molecule has 1 aromatic rings. The molecule has 5 heteroatoms. The highest BCUT2D eigenvalue weighted by atomic mass is 19.1. The number of aliphatic hydroxyl groups is 1. The Morgan fingerprint density at radius 2 is 2.10 bits per heavy atom. The average molecular weight is 294 g/mol. The van der Waals surface area contributed by atoms with Gasteiger partial charge >= 0.3 is 6.03 Å². The molecule has 1 aromatic carbocycles. The molecule has 1 aliphatic rings. The predicted octanol–water partition coefficient (Wildman–Crippen LogP) is 2.67. The number of amides is 2. The number of rotatable bonds is 3. The Morgan fingerprint density at radius 1 is 1.48 bits per heavy atom. The predicted molar refractivity (Wildman–Crippen MR) is 79.6 cm³/mol. The Labute approximate surface area is 125 Å². The Bertz CT molecular complexity index is 510. The number of nitrogens with one attached hydrogen (secondary N) is 1. The molecule has 2 rings (SSSR count). The van der Waals surface area contributed by atoms with E-state index in [9.17, 15) is 14.3 Å². The fraction of sp³-hybridized carbons (Fsp3) is 0.562. The quantitative estimate of drug-likeness (QED) is 0.900. The van der Waals surface area contributed by atoms with Gasteiger partial charge in [-0.25, -0.2) is 9.18 Å². The van der Waals surface area contributed by atoms with Gasteiger partial charge < -0.3 is 15.3 Å². The maximum absolute atomic E-state index is 13.7. The first-order chi connectivity index (χ1) is 9.93. The normalized spacial score (nSPS) is 19.7. The van der Waals surface area contributed by atoms with Crippen LogP contribution < -0.4 is 5.32 Å². The van der Waals surface area contributed by atoms with Gasteiger partial charge in [0.1, 0.15) is 5.82 Å². The fourth-order valence-electron chi connectivity index (χ4n) is 2.87. The van der Waals surface area contributed by atoms with Crippen LogP contribution in [-0.4, -0.2) is 35.2 Å². The zero-order valence-electron chi connectivity index (χ0n) is 12.8. The van der Waals surface area contributed by atoms with Crippen LogP contribution in [0.15, 0.2) is 12.1 Å². The van der Waals surface area contributed by atoms with Crippen molar-refractivity contribution in [3.63, 3.8) is 0 Å². The van der Waals surface area contributed by atoms with Gasteiger partial charge in [-0.1, -0.05) is 12.1 Å². The summed E-state index contributed by atoms with van der Waals surface area (Å²) in [6, 6.07) is 3.07. The van der Waals surface area contributed by atoms with E-state index in [1.807, 2.05) is 6.92 Å². The molecule has 0 spiro atoms. The van der Waals surface area contributed by atoms with Gasteiger partial charge in [0, 0.05) is 6.54 Å². The molecule has 0 saturated carbocycles. The number of aryl methyl sites for hydroxylation is 2. The largest absolute Gasteiger partial charge is 0.394 e. The molecular formula is C16H23FN2O2. The molecule has 2 amide bonds. The summed E-state index contributed by atoms with van der Waals surface area (Å²) in [4.78, 5) is 13.9. The Morgan fingerprint density at radius 3 is 2.67 bits per heavy atom. The van der Waals surface area contributed by atoms with E-state index in [1.54, 1.807) is 30.9 Å². The molecular weight excluding hydrogens is 271 g/mol. The molecule has 1 unspecified atom stereocenters. The van der Waals surface area contributed by atoms with E-state index in [0.717, 1.165) is 18.4 Å². The zero-order chi connectivity index (χ0) is 15.6. The van der Waals surface area contributed by atoms with Crippen molar-refractivity contribution in [2.75, 3.05) is 13.2 Å². The van der Waals surface area contributed by atoms with Crippen molar-refractivity contribution < 1.29 is 14.3 Å². The summed E-state index contributed by atoms with van der Waals surface area (Å²) in [5.41, 5.74) is 2.06. The number of likely N-dealkylation sites (tertiary alicyclic amines) is 1. The first-order valence-electron chi connectivity index (χ1n) is 7.38. The lowest BCUT2D eigenvalue weighted by molar-refractivity contribution is 0.155. The van der Waals surface area contributed by atoms with E-state index >= 15 is 0 Å². The third-order valence-electron chi connectivity index (χ3n) is 4.15. The minimum Gasteiger partial charge on any atom is -0.394 e. The number of hydrogen-bond donors (Lipinski definition) is 2. The van der Waals surface area contributed by atoms with Crippen molar-refractivity contribution in [3.8, 4) is 0 Å².